The van der Waals surface area contributed by atoms with Crippen molar-refractivity contribution >= 4 is 12.0 Å². The zero-order chi connectivity index (χ0) is 15.2. The minimum atomic E-state index is -0.344. The molecule has 1 aromatic heterocycles. The first-order chi connectivity index (χ1) is 10.1. The Labute approximate surface area is 122 Å². The van der Waals surface area contributed by atoms with Gasteiger partial charge in [0.15, 0.2) is 0 Å². The fourth-order valence-corrected chi connectivity index (χ4v) is 2.19. The molecule has 21 heavy (non-hydrogen) atoms. The van der Waals surface area contributed by atoms with Crippen LogP contribution in [0.3, 0.4) is 0 Å². The summed E-state index contributed by atoms with van der Waals surface area (Å²) in [4.78, 5) is 38.5. The van der Waals surface area contributed by atoms with E-state index >= 15 is 0 Å². The molecule has 2 heterocycles. The molecule has 1 aromatic rings. The Morgan fingerprint density at radius 3 is 2.43 bits per heavy atom. The number of ether oxygens (including phenoxy) is 1. The Morgan fingerprint density at radius 1 is 1.14 bits per heavy atom. The molecule has 0 N–H and O–H groups in total. The standard InChI is InChI=1S/C14H19N3O4/c1-2-21-14(20)16-9-7-15(8-10-16)13(19)11-17-6-4-3-5-12(17)18/h3-6H,2,7-11H2,1H3. The normalized spacial score (nSPS) is 14.9. The summed E-state index contributed by atoms with van der Waals surface area (Å²) in [5, 5.41) is 0. The van der Waals surface area contributed by atoms with Crippen LogP contribution in [-0.4, -0.2) is 59.2 Å². The van der Waals surface area contributed by atoms with Gasteiger partial charge < -0.3 is 19.1 Å². The van der Waals surface area contributed by atoms with Crippen molar-refractivity contribution < 1.29 is 14.3 Å². The molecule has 1 aliphatic heterocycles. The third-order valence-electron chi connectivity index (χ3n) is 3.36. The van der Waals surface area contributed by atoms with Gasteiger partial charge in [-0.25, -0.2) is 4.79 Å². The van der Waals surface area contributed by atoms with Crippen molar-refractivity contribution in [3.8, 4) is 0 Å². The van der Waals surface area contributed by atoms with Crippen LogP contribution < -0.4 is 5.56 Å². The first-order valence-corrected chi connectivity index (χ1v) is 6.96. The van der Waals surface area contributed by atoms with Crippen molar-refractivity contribution in [2.24, 2.45) is 0 Å². The van der Waals surface area contributed by atoms with Crippen LogP contribution in [0.25, 0.3) is 0 Å². The predicted octanol–water partition coefficient (Wildman–Crippen LogP) is 0.149. The molecule has 1 saturated heterocycles. The molecule has 1 fully saturated rings. The Kier molecular flexibility index (Phi) is 4.97. The number of pyridine rings is 1. The highest BCUT2D eigenvalue weighted by molar-refractivity contribution is 5.76. The lowest BCUT2D eigenvalue weighted by Gasteiger charge is -2.34. The van der Waals surface area contributed by atoms with E-state index in [0.29, 0.717) is 32.8 Å². The van der Waals surface area contributed by atoms with Gasteiger partial charge in [-0.15, -0.1) is 0 Å². The molecule has 2 amide bonds. The highest BCUT2D eigenvalue weighted by Crippen LogP contribution is 2.05. The van der Waals surface area contributed by atoms with Gasteiger partial charge in [0.1, 0.15) is 6.54 Å². The Morgan fingerprint density at radius 2 is 1.81 bits per heavy atom. The van der Waals surface area contributed by atoms with E-state index < -0.39 is 0 Å². The zero-order valence-electron chi connectivity index (χ0n) is 12.0. The summed E-state index contributed by atoms with van der Waals surface area (Å²) in [6, 6.07) is 4.78. The Hall–Kier alpha value is -2.31. The second-order valence-electron chi connectivity index (χ2n) is 4.73. The van der Waals surface area contributed by atoms with Crippen LogP contribution in [0.5, 0.6) is 0 Å². The molecule has 7 nitrogen and oxygen atoms in total. The van der Waals surface area contributed by atoms with Gasteiger partial charge in [0.05, 0.1) is 6.61 Å². The lowest BCUT2D eigenvalue weighted by Crippen LogP contribution is -2.51. The van der Waals surface area contributed by atoms with Crippen LogP contribution in [0, 0.1) is 0 Å². The molecule has 0 unspecified atom stereocenters. The Bertz CT molecular complexity index is 561. The predicted molar refractivity (Wildman–Crippen MR) is 75.9 cm³/mol. The van der Waals surface area contributed by atoms with E-state index in [2.05, 4.69) is 0 Å². The molecule has 0 aliphatic carbocycles. The van der Waals surface area contributed by atoms with Gasteiger partial charge in [-0.2, -0.15) is 0 Å². The molecular formula is C14H19N3O4. The van der Waals surface area contributed by atoms with E-state index in [1.165, 1.54) is 10.6 Å². The number of rotatable bonds is 3. The van der Waals surface area contributed by atoms with Crippen molar-refractivity contribution in [1.82, 2.24) is 14.4 Å². The van der Waals surface area contributed by atoms with E-state index in [-0.39, 0.29) is 24.1 Å². The lowest BCUT2D eigenvalue weighted by atomic mass is 10.3. The van der Waals surface area contributed by atoms with Gasteiger partial charge in [-0.3, -0.25) is 9.59 Å². The lowest BCUT2D eigenvalue weighted by molar-refractivity contribution is -0.133. The van der Waals surface area contributed by atoms with Gasteiger partial charge >= 0.3 is 6.09 Å². The van der Waals surface area contributed by atoms with Crippen LogP contribution in [0.1, 0.15) is 6.92 Å². The number of nitrogens with zero attached hydrogens (tertiary/aromatic N) is 3. The van der Waals surface area contributed by atoms with Crippen molar-refractivity contribution in [1.29, 1.82) is 0 Å². The summed E-state index contributed by atoms with van der Waals surface area (Å²) in [5.41, 5.74) is -0.198. The first kappa shape index (κ1) is 15.1. The molecule has 0 bridgehead atoms. The van der Waals surface area contributed by atoms with Crippen LogP contribution in [0.4, 0.5) is 4.79 Å². The van der Waals surface area contributed by atoms with Gasteiger partial charge in [0.25, 0.3) is 5.56 Å². The van der Waals surface area contributed by atoms with Crippen molar-refractivity contribution in [2.75, 3.05) is 32.8 Å². The van der Waals surface area contributed by atoms with Crippen LogP contribution in [0.15, 0.2) is 29.2 Å². The summed E-state index contributed by atoms with van der Waals surface area (Å²) in [6.45, 7) is 3.95. The molecule has 0 radical (unpaired) electrons. The van der Waals surface area contributed by atoms with Gasteiger partial charge in [-0.1, -0.05) is 6.07 Å². The number of aromatic nitrogens is 1. The van der Waals surface area contributed by atoms with E-state index in [0.717, 1.165) is 0 Å². The second-order valence-corrected chi connectivity index (χ2v) is 4.73. The number of hydrogen-bond donors (Lipinski definition) is 0. The number of amides is 2. The third kappa shape index (κ3) is 3.84. The first-order valence-electron chi connectivity index (χ1n) is 6.96. The number of piperazine rings is 1. The van der Waals surface area contributed by atoms with E-state index in [1.54, 1.807) is 35.1 Å². The fraction of sp³-hybridized carbons (Fsp3) is 0.500. The summed E-state index contributed by atoms with van der Waals surface area (Å²) in [7, 11) is 0. The van der Waals surface area contributed by atoms with Gasteiger partial charge in [0.2, 0.25) is 5.91 Å². The average Bonchev–Trinajstić information content (AvgIpc) is 2.50. The number of carbonyl (C=O) groups is 2. The van der Waals surface area contributed by atoms with Crippen molar-refractivity contribution in [2.45, 2.75) is 13.5 Å². The largest absolute Gasteiger partial charge is 0.450 e. The van der Waals surface area contributed by atoms with Crippen molar-refractivity contribution in [3.05, 3.63) is 34.7 Å². The highest BCUT2D eigenvalue weighted by Gasteiger charge is 2.24. The maximum Gasteiger partial charge on any atom is 0.409 e. The van der Waals surface area contributed by atoms with Gasteiger partial charge in [0, 0.05) is 38.4 Å². The molecule has 0 atom stereocenters. The smallest absolute Gasteiger partial charge is 0.409 e. The molecule has 7 heteroatoms. The SMILES string of the molecule is CCOC(=O)N1CCN(C(=O)Cn2ccccc2=O)CC1. The van der Waals surface area contributed by atoms with E-state index in [4.69, 9.17) is 4.74 Å². The molecule has 0 aromatic carbocycles. The van der Waals surface area contributed by atoms with Crippen LogP contribution in [-0.2, 0) is 16.1 Å². The topological polar surface area (TPSA) is 71.8 Å². The summed E-state index contributed by atoms with van der Waals surface area (Å²) in [6.07, 6.45) is 1.25. The number of hydrogen-bond acceptors (Lipinski definition) is 4. The Balaban J connectivity index is 1.87. The molecule has 0 saturated carbocycles. The third-order valence-corrected chi connectivity index (χ3v) is 3.36. The summed E-state index contributed by atoms with van der Waals surface area (Å²) >= 11 is 0. The monoisotopic (exact) mass is 293 g/mol. The van der Waals surface area contributed by atoms with E-state index in [9.17, 15) is 14.4 Å². The minimum Gasteiger partial charge on any atom is -0.450 e. The maximum atomic E-state index is 12.2. The van der Waals surface area contributed by atoms with E-state index in [1.807, 2.05) is 0 Å². The highest BCUT2D eigenvalue weighted by atomic mass is 16.6. The quantitative estimate of drug-likeness (QED) is 0.795. The molecule has 0 spiro atoms. The van der Waals surface area contributed by atoms with Crippen molar-refractivity contribution in [3.63, 3.8) is 0 Å². The van der Waals surface area contributed by atoms with Crippen LogP contribution >= 0.6 is 0 Å². The summed E-state index contributed by atoms with van der Waals surface area (Å²) < 4.78 is 6.30. The molecular weight excluding hydrogens is 274 g/mol. The number of carbonyl (C=O) groups excluding carboxylic acids is 2. The maximum absolute atomic E-state index is 12.2. The van der Waals surface area contributed by atoms with Gasteiger partial charge in [-0.05, 0) is 13.0 Å². The summed E-state index contributed by atoms with van der Waals surface area (Å²) in [5.74, 6) is -0.119. The second kappa shape index (κ2) is 6.92. The van der Waals surface area contributed by atoms with Crippen LogP contribution in [0.2, 0.25) is 0 Å². The zero-order valence-corrected chi connectivity index (χ0v) is 12.0. The fourth-order valence-electron chi connectivity index (χ4n) is 2.19. The average molecular weight is 293 g/mol. The molecule has 1 aliphatic rings. The molecule has 2 rings (SSSR count). The minimum absolute atomic E-state index is 0.0269. The molecule has 114 valence electrons.